The molecule has 0 amide bonds. The number of sulfonamides is 1. The van der Waals surface area contributed by atoms with Gasteiger partial charge in [-0.2, -0.15) is 4.39 Å². The summed E-state index contributed by atoms with van der Waals surface area (Å²) in [4.78, 5) is 6.16. The number of benzene rings is 1. The zero-order valence-corrected chi connectivity index (χ0v) is 14.4. The van der Waals surface area contributed by atoms with E-state index in [1.54, 1.807) is 18.2 Å². The van der Waals surface area contributed by atoms with E-state index >= 15 is 0 Å². The highest BCUT2D eigenvalue weighted by molar-refractivity contribution is 7.93. The molecule has 0 unspecified atom stereocenters. The molecule has 10 heteroatoms. The van der Waals surface area contributed by atoms with Crippen molar-refractivity contribution in [2.24, 2.45) is 0 Å². The van der Waals surface area contributed by atoms with Crippen molar-refractivity contribution in [2.75, 3.05) is 11.8 Å². The van der Waals surface area contributed by atoms with Gasteiger partial charge in [-0.25, -0.2) is 13.4 Å². The maximum absolute atomic E-state index is 13.9. The van der Waals surface area contributed by atoms with Gasteiger partial charge in [-0.3, -0.25) is 4.72 Å². The Morgan fingerprint density at radius 3 is 2.75 bits per heavy atom. The Hall–Kier alpha value is -2.03. The highest BCUT2D eigenvalue weighted by Crippen LogP contribution is 2.30. The van der Waals surface area contributed by atoms with Crippen molar-refractivity contribution < 1.29 is 17.5 Å². The molecule has 126 valence electrons. The summed E-state index contributed by atoms with van der Waals surface area (Å²) in [6.07, 6.45) is 1.29. The lowest BCUT2D eigenvalue weighted by molar-refractivity contribution is 0.411. The third kappa shape index (κ3) is 3.00. The fourth-order valence-electron chi connectivity index (χ4n) is 2.16. The predicted octanol–water partition coefficient (Wildman–Crippen LogP) is 3.82. The molecule has 3 rings (SSSR count). The van der Waals surface area contributed by atoms with Crippen LogP contribution in [-0.2, 0) is 10.0 Å². The number of hydrogen-bond donors (Lipinski definition) is 2. The topological polar surface area (TPSA) is 84.1 Å². The fraction of sp³-hybridized carbons (Fsp3) is 0.0714. The SMILES string of the molecule is COc1cc(NS(=O)(=O)c2c[nH]c3cc(Cl)ccc23)c(F)nc1Cl. The predicted molar refractivity (Wildman–Crippen MR) is 89.9 cm³/mol. The van der Waals surface area contributed by atoms with Crippen LogP contribution in [0.25, 0.3) is 10.9 Å². The molecule has 0 aliphatic carbocycles. The minimum Gasteiger partial charge on any atom is -0.493 e. The van der Waals surface area contributed by atoms with Crippen LogP contribution < -0.4 is 9.46 Å². The Morgan fingerprint density at radius 1 is 1.29 bits per heavy atom. The smallest absolute Gasteiger partial charge is 0.264 e. The molecule has 0 spiro atoms. The van der Waals surface area contributed by atoms with E-state index in [2.05, 4.69) is 14.7 Å². The van der Waals surface area contributed by atoms with E-state index in [-0.39, 0.29) is 21.5 Å². The summed E-state index contributed by atoms with van der Waals surface area (Å²) >= 11 is 11.6. The van der Waals surface area contributed by atoms with Crippen molar-refractivity contribution >= 4 is 49.8 Å². The minimum atomic E-state index is -4.07. The average Bonchev–Trinajstić information content (AvgIpc) is 2.93. The summed E-state index contributed by atoms with van der Waals surface area (Å²) in [7, 11) is -2.76. The number of halogens is 3. The largest absolute Gasteiger partial charge is 0.493 e. The molecule has 2 aromatic heterocycles. The van der Waals surface area contributed by atoms with E-state index in [1.807, 2.05) is 0 Å². The number of nitrogens with one attached hydrogen (secondary N) is 2. The van der Waals surface area contributed by atoms with Gasteiger partial charge in [0.25, 0.3) is 10.0 Å². The molecular formula is C14H10Cl2FN3O3S. The van der Waals surface area contributed by atoms with Crippen LogP contribution in [0.1, 0.15) is 0 Å². The number of fused-ring (bicyclic) bond motifs is 1. The minimum absolute atomic E-state index is 0.0430. The van der Waals surface area contributed by atoms with Gasteiger partial charge in [0.15, 0.2) is 10.9 Å². The number of methoxy groups -OCH3 is 1. The summed E-state index contributed by atoms with van der Waals surface area (Å²) in [5.41, 5.74) is 0.162. The lowest BCUT2D eigenvalue weighted by Crippen LogP contribution is -2.14. The van der Waals surface area contributed by atoms with E-state index in [1.165, 1.54) is 13.3 Å². The van der Waals surface area contributed by atoms with Crippen molar-refractivity contribution in [3.63, 3.8) is 0 Å². The van der Waals surface area contributed by atoms with E-state index in [0.29, 0.717) is 15.9 Å². The highest BCUT2D eigenvalue weighted by Gasteiger charge is 2.22. The molecule has 0 atom stereocenters. The Balaban J connectivity index is 2.05. The highest BCUT2D eigenvalue weighted by atomic mass is 35.5. The quantitative estimate of drug-likeness (QED) is 0.664. The van der Waals surface area contributed by atoms with Crippen LogP contribution in [0, 0.1) is 5.95 Å². The molecule has 0 fully saturated rings. The Bertz CT molecular complexity index is 1040. The van der Waals surface area contributed by atoms with Crippen molar-refractivity contribution in [3.05, 3.63) is 46.6 Å². The van der Waals surface area contributed by atoms with Gasteiger partial charge in [-0.05, 0) is 18.2 Å². The lowest BCUT2D eigenvalue weighted by Gasteiger charge is -2.10. The molecule has 0 aliphatic rings. The number of hydrogen-bond acceptors (Lipinski definition) is 4. The van der Waals surface area contributed by atoms with Gasteiger partial charge < -0.3 is 9.72 Å². The molecule has 0 saturated carbocycles. The monoisotopic (exact) mass is 389 g/mol. The van der Waals surface area contributed by atoms with Crippen molar-refractivity contribution in [2.45, 2.75) is 4.90 Å². The summed E-state index contributed by atoms with van der Waals surface area (Å²) in [6, 6.07) is 5.82. The Labute approximate surface area is 146 Å². The first-order valence-electron chi connectivity index (χ1n) is 6.51. The first kappa shape index (κ1) is 16.8. The van der Waals surface area contributed by atoms with Crippen LogP contribution in [0.15, 0.2) is 35.4 Å². The maximum Gasteiger partial charge on any atom is 0.264 e. The van der Waals surface area contributed by atoms with Crippen molar-refractivity contribution in [1.29, 1.82) is 0 Å². The van der Waals surface area contributed by atoms with E-state index in [0.717, 1.165) is 6.07 Å². The van der Waals surface area contributed by atoms with E-state index < -0.39 is 16.0 Å². The standard InChI is InChI=1S/C14H10Cl2FN3O3S/c1-23-11-5-10(14(17)19-13(11)16)20-24(21,22)12-6-18-9-4-7(15)2-3-8(9)12/h2-6,18,20H,1H3. The molecule has 0 saturated heterocycles. The summed E-state index contributed by atoms with van der Waals surface area (Å²) in [6.45, 7) is 0. The zero-order valence-electron chi connectivity index (χ0n) is 12.1. The second kappa shape index (κ2) is 6.12. The lowest BCUT2D eigenvalue weighted by atomic mass is 10.2. The molecule has 1 aromatic carbocycles. The number of rotatable bonds is 4. The molecule has 0 aliphatic heterocycles. The van der Waals surface area contributed by atoms with Crippen LogP contribution >= 0.6 is 23.2 Å². The van der Waals surface area contributed by atoms with E-state index in [9.17, 15) is 12.8 Å². The van der Waals surface area contributed by atoms with Gasteiger partial charge in [-0.15, -0.1) is 0 Å². The van der Waals surface area contributed by atoms with Gasteiger partial charge in [0.1, 0.15) is 10.6 Å². The van der Waals surface area contributed by atoms with Gasteiger partial charge in [0, 0.05) is 28.2 Å². The molecule has 3 aromatic rings. The molecule has 2 heterocycles. The van der Waals surface area contributed by atoms with Gasteiger partial charge in [0.2, 0.25) is 5.95 Å². The van der Waals surface area contributed by atoms with Crippen molar-refractivity contribution in [3.8, 4) is 5.75 Å². The van der Waals surface area contributed by atoms with Crippen LogP contribution in [-0.4, -0.2) is 25.5 Å². The number of nitrogens with zero attached hydrogens (tertiary/aromatic N) is 1. The van der Waals surface area contributed by atoms with Crippen LogP contribution in [0.3, 0.4) is 0 Å². The Kier molecular flexibility index (Phi) is 4.29. The number of ether oxygens (including phenoxy) is 1. The number of pyridine rings is 1. The molecular weight excluding hydrogens is 380 g/mol. The summed E-state index contributed by atoms with van der Waals surface area (Å²) in [5.74, 6) is -1.02. The summed E-state index contributed by atoms with van der Waals surface area (Å²) in [5, 5.41) is 0.666. The number of aromatic nitrogens is 2. The van der Waals surface area contributed by atoms with Crippen LogP contribution in [0.4, 0.5) is 10.1 Å². The van der Waals surface area contributed by atoms with Crippen LogP contribution in [0.2, 0.25) is 10.2 Å². The molecule has 0 radical (unpaired) electrons. The number of aromatic amines is 1. The maximum atomic E-state index is 13.9. The van der Waals surface area contributed by atoms with E-state index in [4.69, 9.17) is 27.9 Å². The van der Waals surface area contributed by atoms with Gasteiger partial charge in [0.05, 0.1) is 7.11 Å². The molecule has 0 bridgehead atoms. The Morgan fingerprint density at radius 2 is 2.04 bits per heavy atom. The van der Waals surface area contributed by atoms with Gasteiger partial charge >= 0.3 is 0 Å². The normalized spacial score (nSPS) is 11.7. The number of anilines is 1. The second-order valence-electron chi connectivity index (χ2n) is 4.77. The van der Waals surface area contributed by atoms with Gasteiger partial charge in [-0.1, -0.05) is 23.2 Å². The van der Waals surface area contributed by atoms with Crippen molar-refractivity contribution in [1.82, 2.24) is 9.97 Å². The summed E-state index contributed by atoms with van der Waals surface area (Å²) < 4.78 is 46.1. The molecule has 6 nitrogen and oxygen atoms in total. The average molecular weight is 390 g/mol. The first-order chi connectivity index (χ1) is 11.3. The third-order valence-electron chi connectivity index (χ3n) is 3.26. The van der Waals surface area contributed by atoms with Crippen LogP contribution in [0.5, 0.6) is 5.75 Å². The zero-order chi connectivity index (χ0) is 17.5. The molecule has 2 N–H and O–H groups in total. The third-order valence-corrected chi connectivity index (χ3v) is 5.17. The number of H-pyrrole nitrogens is 1. The molecule has 24 heavy (non-hydrogen) atoms. The second-order valence-corrected chi connectivity index (χ2v) is 7.21. The first-order valence-corrected chi connectivity index (χ1v) is 8.75. The fourth-order valence-corrected chi connectivity index (χ4v) is 3.76.